The lowest BCUT2D eigenvalue weighted by molar-refractivity contribution is 0.0956. The summed E-state index contributed by atoms with van der Waals surface area (Å²) in [5, 5.41) is 2.73. The molecule has 0 aliphatic heterocycles. The van der Waals surface area contributed by atoms with E-state index >= 15 is 0 Å². The van der Waals surface area contributed by atoms with Gasteiger partial charge in [0.15, 0.2) is 0 Å². The molecule has 0 aliphatic rings. The Labute approximate surface area is 88.9 Å². The topological polar surface area (TPSA) is 38.3 Å². The Hall–Kier alpha value is -1.16. The van der Waals surface area contributed by atoms with Gasteiger partial charge in [-0.3, -0.25) is 4.79 Å². The molecule has 0 spiro atoms. The molecule has 0 saturated carbocycles. The van der Waals surface area contributed by atoms with Gasteiger partial charge in [-0.15, -0.1) is 0 Å². The second-order valence-electron chi connectivity index (χ2n) is 2.71. The predicted octanol–water partition coefficient (Wildman–Crippen LogP) is 1.35. The fourth-order valence-corrected chi connectivity index (χ4v) is 1.15. The molecule has 1 amide bonds. The highest BCUT2D eigenvalue weighted by Crippen LogP contribution is 2.11. The normalized spacial score (nSPS) is 9.57. The summed E-state index contributed by atoms with van der Waals surface area (Å²) in [6.45, 7) is 0.569. The van der Waals surface area contributed by atoms with Crippen LogP contribution in [0.25, 0.3) is 0 Å². The van der Waals surface area contributed by atoms with Crippen LogP contribution < -0.4 is 10.1 Å². The van der Waals surface area contributed by atoms with Crippen LogP contribution in [0.4, 0.5) is 0 Å². The van der Waals surface area contributed by atoms with Gasteiger partial charge in [-0.1, -0.05) is 6.07 Å². The highest BCUT2D eigenvalue weighted by atomic mass is 32.1. The first-order valence-corrected chi connectivity index (χ1v) is 4.94. The zero-order valence-corrected chi connectivity index (χ0v) is 8.88. The zero-order chi connectivity index (χ0) is 10.4. The highest BCUT2D eigenvalue weighted by Gasteiger charge is 2.04. The quantitative estimate of drug-likeness (QED) is 0.738. The van der Waals surface area contributed by atoms with Crippen molar-refractivity contribution < 1.29 is 9.53 Å². The zero-order valence-electron chi connectivity index (χ0n) is 7.99. The van der Waals surface area contributed by atoms with Crippen molar-refractivity contribution in [2.45, 2.75) is 0 Å². The van der Waals surface area contributed by atoms with E-state index in [1.165, 1.54) is 0 Å². The molecule has 0 fully saturated rings. The Morgan fingerprint density at radius 1 is 1.57 bits per heavy atom. The smallest absolute Gasteiger partial charge is 0.251 e. The van der Waals surface area contributed by atoms with Gasteiger partial charge in [-0.25, -0.2) is 0 Å². The van der Waals surface area contributed by atoms with Gasteiger partial charge in [0.2, 0.25) is 0 Å². The molecule has 0 radical (unpaired) electrons. The molecule has 1 aromatic carbocycles. The standard InChI is InChI=1S/C10H13NO2S/c1-13-9-4-2-3-8(7-9)10(12)11-5-6-14/h2-4,7,14H,5-6H2,1H3,(H,11,12). The first kappa shape index (κ1) is 10.9. The van der Waals surface area contributed by atoms with Crippen molar-refractivity contribution in [1.29, 1.82) is 0 Å². The van der Waals surface area contributed by atoms with E-state index < -0.39 is 0 Å². The molecule has 0 unspecified atom stereocenters. The molecule has 1 N–H and O–H groups in total. The van der Waals surface area contributed by atoms with Crippen LogP contribution in [-0.2, 0) is 0 Å². The van der Waals surface area contributed by atoms with Gasteiger partial charge >= 0.3 is 0 Å². The number of nitrogens with one attached hydrogen (secondary N) is 1. The van der Waals surface area contributed by atoms with Crippen molar-refractivity contribution >= 4 is 18.5 Å². The summed E-state index contributed by atoms with van der Waals surface area (Å²) < 4.78 is 5.01. The number of methoxy groups -OCH3 is 1. The van der Waals surface area contributed by atoms with Crippen LogP contribution in [0.15, 0.2) is 24.3 Å². The molecule has 14 heavy (non-hydrogen) atoms. The first-order valence-electron chi connectivity index (χ1n) is 4.31. The summed E-state index contributed by atoms with van der Waals surface area (Å²) >= 11 is 4.01. The van der Waals surface area contributed by atoms with E-state index in [4.69, 9.17) is 4.74 Å². The van der Waals surface area contributed by atoms with E-state index in [-0.39, 0.29) is 5.91 Å². The van der Waals surface area contributed by atoms with Crippen LogP contribution in [0.1, 0.15) is 10.4 Å². The Balaban J connectivity index is 2.69. The minimum absolute atomic E-state index is 0.0991. The first-order chi connectivity index (χ1) is 6.77. The van der Waals surface area contributed by atoms with Crippen LogP contribution >= 0.6 is 12.6 Å². The van der Waals surface area contributed by atoms with Crippen LogP contribution in [-0.4, -0.2) is 25.3 Å². The summed E-state index contributed by atoms with van der Waals surface area (Å²) in [5.74, 6) is 1.22. The number of carbonyl (C=O) groups excluding carboxylic acids is 1. The van der Waals surface area contributed by atoms with E-state index in [1.54, 1.807) is 31.4 Å². The predicted molar refractivity (Wildman–Crippen MR) is 59.2 cm³/mol. The SMILES string of the molecule is COc1cccc(C(=O)NCCS)c1. The van der Waals surface area contributed by atoms with Crippen molar-refractivity contribution in [3.05, 3.63) is 29.8 Å². The number of amides is 1. The third kappa shape index (κ3) is 2.96. The van der Waals surface area contributed by atoms with Gasteiger partial charge in [0.05, 0.1) is 7.11 Å². The van der Waals surface area contributed by atoms with Crippen LogP contribution in [0.3, 0.4) is 0 Å². The van der Waals surface area contributed by atoms with E-state index in [0.717, 1.165) is 0 Å². The van der Waals surface area contributed by atoms with Crippen molar-refractivity contribution in [2.75, 3.05) is 19.4 Å². The monoisotopic (exact) mass is 211 g/mol. The van der Waals surface area contributed by atoms with E-state index in [1.807, 2.05) is 0 Å². The van der Waals surface area contributed by atoms with Crippen LogP contribution in [0.5, 0.6) is 5.75 Å². The summed E-state index contributed by atoms with van der Waals surface area (Å²) in [6.07, 6.45) is 0. The largest absolute Gasteiger partial charge is 0.497 e. The molecular weight excluding hydrogens is 198 g/mol. The van der Waals surface area contributed by atoms with Gasteiger partial charge in [0.1, 0.15) is 5.75 Å². The Bertz CT molecular complexity index is 315. The number of hydrogen-bond acceptors (Lipinski definition) is 3. The third-order valence-electron chi connectivity index (χ3n) is 1.73. The average Bonchev–Trinajstić information content (AvgIpc) is 2.26. The Morgan fingerprint density at radius 3 is 3.00 bits per heavy atom. The number of ether oxygens (including phenoxy) is 1. The summed E-state index contributed by atoms with van der Waals surface area (Å²) in [6, 6.07) is 7.04. The van der Waals surface area contributed by atoms with E-state index in [2.05, 4.69) is 17.9 Å². The average molecular weight is 211 g/mol. The van der Waals surface area contributed by atoms with Crippen molar-refractivity contribution in [3.63, 3.8) is 0 Å². The molecule has 0 heterocycles. The summed E-state index contributed by atoms with van der Waals surface area (Å²) in [5.41, 5.74) is 0.603. The Kier molecular flexibility index (Phi) is 4.32. The van der Waals surface area contributed by atoms with Crippen molar-refractivity contribution in [2.24, 2.45) is 0 Å². The number of thiol groups is 1. The minimum atomic E-state index is -0.0991. The summed E-state index contributed by atoms with van der Waals surface area (Å²) in [7, 11) is 1.57. The maximum atomic E-state index is 11.5. The number of hydrogen-bond donors (Lipinski definition) is 2. The molecule has 0 atom stereocenters. The van der Waals surface area contributed by atoms with Crippen LogP contribution in [0.2, 0.25) is 0 Å². The van der Waals surface area contributed by atoms with Gasteiger partial charge in [-0.05, 0) is 18.2 Å². The maximum Gasteiger partial charge on any atom is 0.251 e. The number of benzene rings is 1. The number of rotatable bonds is 4. The highest BCUT2D eigenvalue weighted by molar-refractivity contribution is 7.80. The minimum Gasteiger partial charge on any atom is -0.497 e. The molecule has 0 saturated heterocycles. The fraction of sp³-hybridized carbons (Fsp3) is 0.300. The fourth-order valence-electron chi connectivity index (χ4n) is 1.04. The second kappa shape index (κ2) is 5.54. The maximum absolute atomic E-state index is 11.5. The third-order valence-corrected chi connectivity index (χ3v) is 1.95. The van der Waals surface area contributed by atoms with Crippen LogP contribution in [0, 0.1) is 0 Å². The molecule has 0 bridgehead atoms. The molecule has 4 heteroatoms. The van der Waals surface area contributed by atoms with Gasteiger partial charge in [-0.2, -0.15) is 12.6 Å². The second-order valence-corrected chi connectivity index (χ2v) is 3.16. The van der Waals surface area contributed by atoms with Gasteiger partial charge in [0, 0.05) is 17.9 Å². The van der Waals surface area contributed by atoms with Crippen molar-refractivity contribution in [3.8, 4) is 5.75 Å². The molecule has 1 aromatic rings. The molecule has 1 rings (SSSR count). The lowest BCUT2D eigenvalue weighted by atomic mass is 10.2. The Morgan fingerprint density at radius 2 is 2.36 bits per heavy atom. The lowest BCUT2D eigenvalue weighted by Gasteiger charge is -2.04. The molecule has 0 aliphatic carbocycles. The lowest BCUT2D eigenvalue weighted by Crippen LogP contribution is -2.25. The van der Waals surface area contributed by atoms with E-state index in [0.29, 0.717) is 23.6 Å². The van der Waals surface area contributed by atoms with Gasteiger partial charge < -0.3 is 10.1 Å². The molecule has 3 nitrogen and oxygen atoms in total. The molecule has 0 aromatic heterocycles. The van der Waals surface area contributed by atoms with Gasteiger partial charge in [0.25, 0.3) is 5.91 Å². The molecular formula is C10H13NO2S. The van der Waals surface area contributed by atoms with Crippen molar-refractivity contribution in [1.82, 2.24) is 5.32 Å². The molecule has 76 valence electrons. The van der Waals surface area contributed by atoms with E-state index in [9.17, 15) is 4.79 Å². The summed E-state index contributed by atoms with van der Waals surface area (Å²) in [4.78, 5) is 11.5. The number of carbonyl (C=O) groups is 1.